The summed E-state index contributed by atoms with van der Waals surface area (Å²) in [6.07, 6.45) is 0. The van der Waals surface area contributed by atoms with E-state index in [4.69, 9.17) is 9.84 Å². The van der Waals surface area contributed by atoms with Crippen molar-refractivity contribution in [3.05, 3.63) is 0 Å². The van der Waals surface area contributed by atoms with Gasteiger partial charge in [0.2, 0.25) is 5.91 Å². The molecule has 0 aliphatic carbocycles. The van der Waals surface area contributed by atoms with Crippen LogP contribution in [0.3, 0.4) is 0 Å². The van der Waals surface area contributed by atoms with Crippen molar-refractivity contribution in [3.63, 3.8) is 0 Å². The molecule has 0 aromatic heterocycles. The third kappa shape index (κ3) is 6.73. The zero-order valence-electron chi connectivity index (χ0n) is 10.1. The molecule has 4 N–H and O–H groups in total. The van der Waals surface area contributed by atoms with Gasteiger partial charge < -0.3 is 25.6 Å². The first-order valence-corrected chi connectivity index (χ1v) is 5.26. The molecule has 0 aromatic carbocycles. The SMILES string of the molecule is COCCNC(=O)C(C)NCC(C)(O)CO. The van der Waals surface area contributed by atoms with E-state index < -0.39 is 11.6 Å². The van der Waals surface area contributed by atoms with E-state index in [1.807, 2.05) is 0 Å². The normalized spacial score (nSPS) is 16.6. The molecular weight excluding hydrogens is 212 g/mol. The highest BCUT2D eigenvalue weighted by Crippen LogP contribution is 1.99. The molecule has 6 nitrogen and oxygen atoms in total. The number of aliphatic hydroxyl groups excluding tert-OH is 1. The van der Waals surface area contributed by atoms with Crippen molar-refractivity contribution in [2.24, 2.45) is 0 Å². The van der Waals surface area contributed by atoms with Gasteiger partial charge in [-0.1, -0.05) is 0 Å². The molecule has 0 fully saturated rings. The molecule has 2 unspecified atom stereocenters. The third-order valence-corrected chi connectivity index (χ3v) is 2.13. The molecule has 0 aliphatic heterocycles. The molecule has 2 atom stereocenters. The lowest BCUT2D eigenvalue weighted by Gasteiger charge is -2.23. The van der Waals surface area contributed by atoms with Gasteiger partial charge >= 0.3 is 0 Å². The van der Waals surface area contributed by atoms with Crippen LogP contribution in [-0.2, 0) is 9.53 Å². The van der Waals surface area contributed by atoms with Gasteiger partial charge in [-0.3, -0.25) is 4.79 Å². The summed E-state index contributed by atoms with van der Waals surface area (Å²) in [5.41, 5.74) is -1.21. The summed E-state index contributed by atoms with van der Waals surface area (Å²) in [6, 6.07) is -0.421. The summed E-state index contributed by atoms with van der Waals surface area (Å²) in [5.74, 6) is -0.161. The van der Waals surface area contributed by atoms with Gasteiger partial charge in [-0.05, 0) is 13.8 Å². The molecule has 0 heterocycles. The van der Waals surface area contributed by atoms with Gasteiger partial charge in [-0.2, -0.15) is 0 Å². The minimum absolute atomic E-state index is 0.155. The first kappa shape index (κ1) is 15.3. The molecule has 0 aliphatic rings. The fourth-order valence-electron chi connectivity index (χ4n) is 0.951. The van der Waals surface area contributed by atoms with Gasteiger partial charge in [-0.15, -0.1) is 0 Å². The number of carbonyl (C=O) groups excluding carboxylic acids is 1. The highest BCUT2D eigenvalue weighted by molar-refractivity contribution is 5.81. The predicted molar refractivity (Wildman–Crippen MR) is 60.1 cm³/mol. The van der Waals surface area contributed by atoms with E-state index in [1.54, 1.807) is 14.0 Å². The van der Waals surface area contributed by atoms with Crippen molar-refractivity contribution >= 4 is 5.91 Å². The zero-order valence-corrected chi connectivity index (χ0v) is 10.1. The number of hydrogen-bond donors (Lipinski definition) is 4. The van der Waals surface area contributed by atoms with E-state index in [9.17, 15) is 9.90 Å². The van der Waals surface area contributed by atoms with Gasteiger partial charge in [0.05, 0.1) is 24.9 Å². The standard InChI is InChI=1S/C10H22N2O4/c1-8(9(14)11-4-5-16-3)12-6-10(2,15)7-13/h8,12-13,15H,4-7H2,1-3H3,(H,11,14). The maximum atomic E-state index is 11.4. The summed E-state index contributed by atoms with van der Waals surface area (Å²) < 4.78 is 4.80. The Morgan fingerprint density at radius 3 is 2.69 bits per heavy atom. The van der Waals surface area contributed by atoms with Gasteiger partial charge in [0, 0.05) is 20.2 Å². The van der Waals surface area contributed by atoms with E-state index >= 15 is 0 Å². The number of nitrogens with one attached hydrogen (secondary N) is 2. The Morgan fingerprint density at radius 2 is 2.19 bits per heavy atom. The Morgan fingerprint density at radius 1 is 1.56 bits per heavy atom. The highest BCUT2D eigenvalue weighted by Gasteiger charge is 2.21. The van der Waals surface area contributed by atoms with E-state index in [0.717, 1.165) is 0 Å². The van der Waals surface area contributed by atoms with Crippen molar-refractivity contribution in [1.29, 1.82) is 0 Å². The van der Waals surface area contributed by atoms with Crippen LogP contribution < -0.4 is 10.6 Å². The Kier molecular flexibility index (Phi) is 7.24. The number of hydrogen-bond acceptors (Lipinski definition) is 5. The fourth-order valence-corrected chi connectivity index (χ4v) is 0.951. The second-order valence-corrected chi connectivity index (χ2v) is 4.04. The summed E-state index contributed by atoms with van der Waals surface area (Å²) in [4.78, 5) is 11.4. The average molecular weight is 234 g/mol. The molecule has 16 heavy (non-hydrogen) atoms. The molecule has 0 saturated heterocycles. The number of rotatable bonds is 8. The molecule has 0 rings (SSSR count). The Balaban J connectivity index is 3.79. The number of aliphatic hydroxyl groups is 2. The summed E-state index contributed by atoms with van der Waals surface area (Å²) in [7, 11) is 1.56. The van der Waals surface area contributed by atoms with Crippen molar-refractivity contribution in [3.8, 4) is 0 Å². The van der Waals surface area contributed by atoms with Gasteiger partial charge in [0.15, 0.2) is 0 Å². The van der Waals surface area contributed by atoms with Crippen LogP contribution in [0.25, 0.3) is 0 Å². The quantitative estimate of drug-likeness (QED) is 0.383. The number of amides is 1. The topological polar surface area (TPSA) is 90.8 Å². The molecule has 96 valence electrons. The molecule has 1 amide bonds. The lowest BCUT2D eigenvalue weighted by Crippen LogP contribution is -2.49. The third-order valence-electron chi connectivity index (χ3n) is 2.13. The monoisotopic (exact) mass is 234 g/mol. The van der Waals surface area contributed by atoms with Crippen LogP contribution in [0.5, 0.6) is 0 Å². The van der Waals surface area contributed by atoms with E-state index in [1.165, 1.54) is 6.92 Å². The zero-order chi connectivity index (χ0) is 12.6. The smallest absolute Gasteiger partial charge is 0.236 e. The second kappa shape index (κ2) is 7.56. The maximum absolute atomic E-state index is 11.4. The summed E-state index contributed by atoms with van der Waals surface area (Å²) >= 11 is 0. The van der Waals surface area contributed by atoms with Crippen LogP contribution in [0.1, 0.15) is 13.8 Å². The van der Waals surface area contributed by atoms with Crippen LogP contribution in [0.2, 0.25) is 0 Å². The summed E-state index contributed by atoms with van der Waals surface area (Å²) in [6.45, 7) is 3.91. The molecule has 0 aromatic rings. The maximum Gasteiger partial charge on any atom is 0.236 e. The lowest BCUT2D eigenvalue weighted by molar-refractivity contribution is -0.123. The van der Waals surface area contributed by atoms with E-state index in [-0.39, 0.29) is 19.1 Å². The van der Waals surface area contributed by atoms with Crippen molar-refractivity contribution in [2.75, 3.05) is 33.4 Å². The first-order valence-electron chi connectivity index (χ1n) is 5.26. The Labute approximate surface area is 96.0 Å². The molecule has 0 saturated carbocycles. The average Bonchev–Trinajstić information content (AvgIpc) is 2.26. The minimum Gasteiger partial charge on any atom is -0.393 e. The molecular formula is C10H22N2O4. The highest BCUT2D eigenvalue weighted by atomic mass is 16.5. The lowest BCUT2D eigenvalue weighted by atomic mass is 10.1. The number of carbonyl (C=O) groups is 1. The molecule has 0 spiro atoms. The van der Waals surface area contributed by atoms with Crippen molar-refractivity contribution < 1.29 is 19.7 Å². The van der Waals surface area contributed by atoms with Gasteiger partial charge in [0.1, 0.15) is 0 Å². The van der Waals surface area contributed by atoms with Crippen molar-refractivity contribution in [1.82, 2.24) is 10.6 Å². The number of ether oxygens (including phenoxy) is 1. The van der Waals surface area contributed by atoms with E-state index in [0.29, 0.717) is 13.2 Å². The minimum atomic E-state index is -1.21. The van der Waals surface area contributed by atoms with Crippen LogP contribution in [-0.4, -0.2) is 61.2 Å². The molecule has 0 radical (unpaired) electrons. The van der Waals surface area contributed by atoms with Crippen LogP contribution >= 0.6 is 0 Å². The summed E-state index contributed by atoms with van der Waals surface area (Å²) in [5, 5.41) is 23.8. The Hall–Kier alpha value is -0.690. The van der Waals surface area contributed by atoms with Gasteiger partial charge in [-0.25, -0.2) is 0 Å². The molecule has 6 heteroatoms. The van der Waals surface area contributed by atoms with Crippen molar-refractivity contribution in [2.45, 2.75) is 25.5 Å². The molecule has 0 bridgehead atoms. The van der Waals surface area contributed by atoms with Crippen LogP contribution in [0.4, 0.5) is 0 Å². The fraction of sp³-hybridized carbons (Fsp3) is 0.900. The largest absolute Gasteiger partial charge is 0.393 e. The Bertz CT molecular complexity index is 209. The predicted octanol–water partition coefficient (Wildman–Crippen LogP) is -1.53. The number of methoxy groups -OCH3 is 1. The first-order chi connectivity index (χ1) is 7.43. The van der Waals surface area contributed by atoms with Crippen LogP contribution in [0.15, 0.2) is 0 Å². The van der Waals surface area contributed by atoms with Crippen LogP contribution in [0, 0.1) is 0 Å². The van der Waals surface area contributed by atoms with E-state index in [2.05, 4.69) is 10.6 Å². The second-order valence-electron chi connectivity index (χ2n) is 4.04. The van der Waals surface area contributed by atoms with Gasteiger partial charge in [0.25, 0.3) is 0 Å².